The topological polar surface area (TPSA) is 92.9 Å². The normalized spacial score (nSPS) is 22.4. The lowest BCUT2D eigenvalue weighted by atomic mass is 10.1. The second kappa shape index (κ2) is 7.46. The third-order valence-corrected chi connectivity index (χ3v) is 8.13. The van der Waals surface area contributed by atoms with Gasteiger partial charge in [0.05, 0.1) is 28.5 Å². The Kier molecular flexibility index (Phi) is 5.12. The molecule has 9 heteroatoms. The number of nitro groups is 1. The van der Waals surface area contributed by atoms with Gasteiger partial charge in [0.2, 0.25) is 0 Å². The molecule has 2 aliphatic heterocycles. The molecule has 1 fully saturated rings. The molecule has 0 aromatic heterocycles. The minimum absolute atomic E-state index is 0.0634. The summed E-state index contributed by atoms with van der Waals surface area (Å²) in [6.07, 6.45) is 0. The molecule has 2 heterocycles. The zero-order valence-corrected chi connectivity index (χ0v) is 17.7. The molecular weight excluding hydrogens is 410 g/mol. The first-order valence-electron chi connectivity index (χ1n) is 9.24. The highest BCUT2D eigenvalue weighted by Crippen LogP contribution is 2.36. The van der Waals surface area contributed by atoms with E-state index < -0.39 is 14.8 Å². The van der Waals surface area contributed by atoms with Crippen molar-refractivity contribution in [3.05, 3.63) is 69.3 Å². The molecule has 0 radical (unpaired) electrons. The third-order valence-electron chi connectivity index (χ3n) is 5.39. The molecule has 0 amide bonds. The number of nitrogens with zero attached hydrogens (tertiary/aromatic N) is 3. The first-order valence-corrected chi connectivity index (χ1v) is 12.0. The summed E-state index contributed by atoms with van der Waals surface area (Å²) in [5.74, 6) is 0.792. The number of benzene rings is 2. The Hall–Kier alpha value is -2.39. The first-order chi connectivity index (χ1) is 13.7. The van der Waals surface area contributed by atoms with Crippen molar-refractivity contribution in [3.63, 3.8) is 0 Å². The first kappa shape index (κ1) is 19.9. The SMILES string of the molecule is Cc1ccc(N2C(SCc3ccc([N+](=O)[O-])cc3)=N[C@@H]3CS(=O)(=O)C[C@H]32)cc1C. The number of rotatable bonds is 4. The fraction of sp³-hybridized carbons (Fsp3) is 0.350. The molecule has 4 rings (SSSR count). The van der Waals surface area contributed by atoms with Gasteiger partial charge in [0.15, 0.2) is 15.0 Å². The molecule has 7 nitrogen and oxygen atoms in total. The highest BCUT2D eigenvalue weighted by molar-refractivity contribution is 8.13. The van der Waals surface area contributed by atoms with Gasteiger partial charge < -0.3 is 4.90 Å². The lowest BCUT2D eigenvalue weighted by molar-refractivity contribution is -0.384. The van der Waals surface area contributed by atoms with Gasteiger partial charge in [-0.2, -0.15) is 0 Å². The molecule has 0 saturated carbocycles. The van der Waals surface area contributed by atoms with Crippen LogP contribution in [-0.2, 0) is 15.6 Å². The van der Waals surface area contributed by atoms with Crippen LogP contribution in [0.4, 0.5) is 11.4 Å². The van der Waals surface area contributed by atoms with Crippen molar-refractivity contribution in [2.24, 2.45) is 4.99 Å². The van der Waals surface area contributed by atoms with Crippen molar-refractivity contribution in [3.8, 4) is 0 Å². The second-order valence-electron chi connectivity index (χ2n) is 7.47. The summed E-state index contributed by atoms with van der Waals surface area (Å²) < 4.78 is 24.3. The molecular formula is C20H21N3O4S2. The molecule has 0 bridgehead atoms. The second-order valence-corrected chi connectivity index (χ2v) is 10.6. The van der Waals surface area contributed by atoms with Crippen molar-refractivity contribution in [1.82, 2.24) is 0 Å². The summed E-state index contributed by atoms with van der Waals surface area (Å²) in [6, 6.07) is 12.2. The van der Waals surface area contributed by atoms with Gasteiger partial charge in [0.25, 0.3) is 5.69 Å². The van der Waals surface area contributed by atoms with Crippen LogP contribution in [0.15, 0.2) is 47.5 Å². The van der Waals surface area contributed by atoms with Crippen LogP contribution in [-0.4, -0.2) is 42.1 Å². The van der Waals surface area contributed by atoms with E-state index in [0.717, 1.165) is 22.0 Å². The minimum Gasteiger partial charge on any atom is -0.315 e. The number of sulfone groups is 1. The Morgan fingerprint density at radius 2 is 1.86 bits per heavy atom. The largest absolute Gasteiger partial charge is 0.315 e. The van der Waals surface area contributed by atoms with Gasteiger partial charge >= 0.3 is 0 Å². The predicted molar refractivity (Wildman–Crippen MR) is 116 cm³/mol. The lowest BCUT2D eigenvalue weighted by Crippen LogP contribution is -2.39. The highest BCUT2D eigenvalue weighted by Gasteiger charge is 2.47. The van der Waals surface area contributed by atoms with Gasteiger partial charge in [-0.25, -0.2) is 8.42 Å². The maximum Gasteiger partial charge on any atom is 0.269 e. The van der Waals surface area contributed by atoms with Crippen LogP contribution in [0.2, 0.25) is 0 Å². The molecule has 0 N–H and O–H groups in total. The van der Waals surface area contributed by atoms with Crippen molar-refractivity contribution < 1.29 is 13.3 Å². The highest BCUT2D eigenvalue weighted by atomic mass is 32.2. The zero-order chi connectivity index (χ0) is 20.8. The summed E-state index contributed by atoms with van der Waals surface area (Å²) in [4.78, 5) is 17.2. The Labute approximate surface area is 173 Å². The molecule has 2 aromatic rings. The standard InChI is InChI=1S/C20H21N3O4S2/c1-13-3-6-17(9-14(13)2)22-19-12-29(26,27)11-18(19)21-20(22)28-10-15-4-7-16(8-5-15)23(24)25/h3-9,18-19H,10-12H2,1-2H3/t18-,19-/m1/s1. The summed E-state index contributed by atoms with van der Waals surface area (Å²) in [5.41, 5.74) is 4.29. The molecule has 29 heavy (non-hydrogen) atoms. The maximum absolute atomic E-state index is 12.2. The molecule has 2 aliphatic rings. The van der Waals surface area contributed by atoms with E-state index in [9.17, 15) is 18.5 Å². The van der Waals surface area contributed by atoms with Gasteiger partial charge in [-0.1, -0.05) is 30.0 Å². The van der Waals surface area contributed by atoms with Gasteiger partial charge in [-0.15, -0.1) is 0 Å². The molecule has 0 unspecified atom stereocenters. The number of fused-ring (bicyclic) bond motifs is 1. The number of amidine groups is 1. The van der Waals surface area contributed by atoms with Crippen LogP contribution in [0.5, 0.6) is 0 Å². The van der Waals surface area contributed by atoms with Crippen molar-refractivity contribution >= 4 is 38.1 Å². The Bertz CT molecular complexity index is 1100. The fourth-order valence-electron chi connectivity index (χ4n) is 3.67. The van der Waals surface area contributed by atoms with E-state index in [1.807, 2.05) is 26.0 Å². The van der Waals surface area contributed by atoms with Crippen molar-refractivity contribution in [1.29, 1.82) is 0 Å². The molecule has 2 atom stereocenters. The summed E-state index contributed by atoms with van der Waals surface area (Å²) >= 11 is 1.53. The average Bonchev–Trinajstić information content (AvgIpc) is 3.13. The molecule has 0 aliphatic carbocycles. The van der Waals surface area contributed by atoms with E-state index in [-0.39, 0.29) is 29.3 Å². The van der Waals surface area contributed by atoms with E-state index in [1.54, 1.807) is 12.1 Å². The smallest absolute Gasteiger partial charge is 0.269 e. The molecule has 1 saturated heterocycles. The van der Waals surface area contributed by atoms with Crippen molar-refractivity contribution in [2.45, 2.75) is 31.7 Å². The monoisotopic (exact) mass is 431 g/mol. The number of aryl methyl sites for hydroxylation is 2. The quantitative estimate of drug-likeness (QED) is 0.543. The number of aliphatic imine (C=N–C) groups is 1. The van der Waals surface area contributed by atoms with Crippen LogP contribution in [0.3, 0.4) is 0 Å². The maximum atomic E-state index is 12.2. The minimum atomic E-state index is -3.09. The predicted octanol–water partition coefficient (Wildman–Crippen LogP) is 3.49. The third kappa shape index (κ3) is 4.02. The number of anilines is 1. The number of thioether (sulfide) groups is 1. The zero-order valence-electron chi connectivity index (χ0n) is 16.1. The number of nitro benzene ring substituents is 1. The van der Waals surface area contributed by atoms with Crippen LogP contribution in [0.25, 0.3) is 0 Å². The van der Waals surface area contributed by atoms with Gasteiger partial charge in [0, 0.05) is 23.6 Å². The Balaban J connectivity index is 1.59. The lowest BCUT2D eigenvalue weighted by Gasteiger charge is -2.27. The van der Waals surface area contributed by atoms with Crippen LogP contribution < -0.4 is 4.90 Å². The number of hydrogen-bond donors (Lipinski definition) is 0. The Morgan fingerprint density at radius 1 is 1.14 bits per heavy atom. The van der Waals surface area contributed by atoms with E-state index in [1.165, 1.54) is 29.5 Å². The molecule has 0 spiro atoms. The van der Waals surface area contributed by atoms with E-state index in [0.29, 0.717) is 5.75 Å². The summed E-state index contributed by atoms with van der Waals surface area (Å²) in [6.45, 7) is 4.09. The summed E-state index contributed by atoms with van der Waals surface area (Å²) in [7, 11) is -3.09. The van der Waals surface area contributed by atoms with E-state index in [2.05, 4.69) is 11.0 Å². The van der Waals surface area contributed by atoms with Crippen molar-refractivity contribution in [2.75, 3.05) is 16.4 Å². The molecule has 152 valence electrons. The molecule has 2 aromatic carbocycles. The number of non-ortho nitro benzene ring substituents is 1. The van der Waals surface area contributed by atoms with Crippen LogP contribution in [0.1, 0.15) is 16.7 Å². The van der Waals surface area contributed by atoms with Crippen LogP contribution in [0, 0.1) is 24.0 Å². The summed E-state index contributed by atoms with van der Waals surface area (Å²) in [5, 5.41) is 11.6. The average molecular weight is 432 g/mol. The van der Waals surface area contributed by atoms with Gasteiger partial charge in [0.1, 0.15) is 0 Å². The van der Waals surface area contributed by atoms with Gasteiger partial charge in [-0.05, 0) is 42.7 Å². The van der Waals surface area contributed by atoms with Crippen LogP contribution >= 0.6 is 11.8 Å². The van der Waals surface area contributed by atoms with Gasteiger partial charge in [-0.3, -0.25) is 15.1 Å². The van der Waals surface area contributed by atoms with E-state index >= 15 is 0 Å². The van der Waals surface area contributed by atoms with E-state index in [4.69, 9.17) is 4.99 Å². The fourth-order valence-corrected chi connectivity index (χ4v) is 6.60. The number of hydrogen-bond acceptors (Lipinski definition) is 7. The Morgan fingerprint density at radius 3 is 2.52 bits per heavy atom.